The van der Waals surface area contributed by atoms with E-state index in [4.69, 9.17) is 10.5 Å². The molecule has 21 heavy (non-hydrogen) atoms. The van der Waals surface area contributed by atoms with E-state index >= 15 is 0 Å². The SMILES string of the molecule is CCCOc1cc(C)c(C(O)C(N)CCN(C)C)cc1C. The summed E-state index contributed by atoms with van der Waals surface area (Å²) >= 11 is 0. The molecule has 3 N–H and O–H groups in total. The topological polar surface area (TPSA) is 58.7 Å². The Bertz CT molecular complexity index is 447. The van der Waals surface area contributed by atoms with Crippen LogP contribution in [-0.4, -0.2) is 43.3 Å². The summed E-state index contributed by atoms with van der Waals surface area (Å²) in [6.45, 7) is 7.67. The average molecular weight is 294 g/mol. The van der Waals surface area contributed by atoms with Crippen molar-refractivity contribution in [2.75, 3.05) is 27.2 Å². The molecule has 1 aromatic carbocycles. The Morgan fingerprint density at radius 2 is 1.90 bits per heavy atom. The van der Waals surface area contributed by atoms with Crippen molar-refractivity contribution in [3.63, 3.8) is 0 Å². The van der Waals surface area contributed by atoms with Crippen LogP contribution in [0, 0.1) is 13.8 Å². The zero-order valence-electron chi connectivity index (χ0n) is 14.0. The highest BCUT2D eigenvalue weighted by Crippen LogP contribution is 2.28. The van der Waals surface area contributed by atoms with Crippen LogP contribution in [0.15, 0.2) is 12.1 Å². The van der Waals surface area contributed by atoms with Crippen molar-refractivity contribution in [3.8, 4) is 5.75 Å². The van der Waals surface area contributed by atoms with E-state index in [-0.39, 0.29) is 6.04 Å². The highest BCUT2D eigenvalue weighted by molar-refractivity contribution is 5.42. The van der Waals surface area contributed by atoms with E-state index in [1.54, 1.807) is 0 Å². The number of benzene rings is 1. The monoisotopic (exact) mass is 294 g/mol. The van der Waals surface area contributed by atoms with Gasteiger partial charge in [-0.2, -0.15) is 0 Å². The third-order valence-corrected chi connectivity index (χ3v) is 3.66. The van der Waals surface area contributed by atoms with Gasteiger partial charge in [-0.25, -0.2) is 0 Å². The normalized spacial score (nSPS) is 14.3. The van der Waals surface area contributed by atoms with Gasteiger partial charge in [-0.15, -0.1) is 0 Å². The molecule has 4 heteroatoms. The lowest BCUT2D eigenvalue weighted by Gasteiger charge is -2.23. The van der Waals surface area contributed by atoms with Gasteiger partial charge in [0.1, 0.15) is 5.75 Å². The van der Waals surface area contributed by atoms with Crippen LogP contribution in [-0.2, 0) is 0 Å². The molecule has 0 saturated carbocycles. The fourth-order valence-corrected chi connectivity index (χ4v) is 2.29. The lowest BCUT2D eigenvalue weighted by molar-refractivity contribution is 0.137. The molecule has 120 valence electrons. The average Bonchev–Trinajstić information content (AvgIpc) is 2.44. The molecule has 0 aliphatic carbocycles. The van der Waals surface area contributed by atoms with Crippen LogP contribution in [0.2, 0.25) is 0 Å². The lowest BCUT2D eigenvalue weighted by Crippen LogP contribution is -2.32. The van der Waals surface area contributed by atoms with Gasteiger partial charge in [-0.3, -0.25) is 0 Å². The van der Waals surface area contributed by atoms with Crippen LogP contribution in [0.4, 0.5) is 0 Å². The number of hydrogen-bond acceptors (Lipinski definition) is 4. The van der Waals surface area contributed by atoms with Gasteiger partial charge in [-0.05, 0) is 76.2 Å². The minimum absolute atomic E-state index is 0.257. The zero-order valence-corrected chi connectivity index (χ0v) is 14.0. The third kappa shape index (κ3) is 5.30. The van der Waals surface area contributed by atoms with Gasteiger partial charge in [0, 0.05) is 6.04 Å². The van der Waals surface area contributed by atoms with Crippen molar-refractivity contribution in [2.45, 2.75) is 45.8 Å². The van der Waals surface area contributed by atoms with Gasteiger partial charge < -0.3 is 20.5 Å². The summed E-state index contributed by atoms with van der Waals surface area (Å²) in [5.74, 6) is 0.896. The molecule has 0 aromatic heterocycles. The zero-order chi connectivity index (χ0) is 16.0. The van der Waals surface area contributed by atoms with Crippen molar-refractivity contribution in [2.24, 2.45) is 5.73 Å². The smallest absolute Gasteiger partial charge is 0.122 e. The number of nitrogens with two attached hydrogens (primary N) is 1. The first-order valence-corrected chi connectivity index (χ1v) is 7.69. The largest absolute Gasteiger partial charge is 0.493 e. The first-order valence-electron chi connectivity index (χ1n) is 7.69. The molecule has 0 radical (unpaired) electrons. The molecule has 0 heterocycles. The Labute approximate surface area is 128 Å². The number of aryl methyl sites for hydroxylation is 2. The molecule has 0 aliphatic heterocycles. The Morgan fingerprint density at radius 3 is 2.48 bits per heavy atom. The summed E-state index contributed by atoms with van der Waals surface area (Å²) < 4.78 is 5.72. The highest BCUT2D eigenvalue weighted by atomic mass is 16.5. The van der Waals surface area contributed by atoms with Crippen LogP contribution in [0.25, 0.3) is 0 Å². The maximum atomic E-state index is 10.5. The van der Waals surface area contributed by atoms with E-state index < -0.39 is 6.10 Å². The second-order valence-corrected chi connectivity index (χ2v) is 6.02. The summed E-state index contributed by atoms with van der Waals surface area (Å²) in [4.78, 5) is 2.08. The first kappa shape index (κ1) is 18.0. The molecule has 0 saturated heterocycles. The highest BCUT2D eigenvalue weighted by Gasteiger charge is 2.20. The molecule has 4 nitrogen and oxygen atoms in total. The predicted molar refractivity (Wildman–Crippen MR) is 87.8 cm³/mol. The molecule has 1 aromatic rings. The van der Waals surface area contributed by atoms with Gasteiger partial charge in [0.05, 0.1) is 12.7 Å². The van der Waals surface area contributed by atoms with E-state index in [1.807, 2.05) is 40.1 Å². The van der Waals surface area contributed by atoms with Crippen LogP contribution in [0.1, 0.15) is 42.6 Å². The summed E-state index contributed by atoms with van der Waals surface area (Å²) in [6, 6.07) is 3.75. The predicted octanol–water partition coefficient (Wildman–Crippen LogP) is 2.40. The fraction of sp³-hybridized carbons (Fsp3) is 0.647. The number of ether oxygens (including phenoxy) is 1. The number of nitrogens with zero attached hydrogens (tertiary/aromatic N) is 1. The lowest BCUT2D eigenvalue weighted by atomic mass is 9.94. The van der Waals surface area contributed by atoms with Crippen molar-refractivity contribution in [1.82, 2.24) is 4.90 Å². The molecule has 0 amide bonds. The Hall–Kier alpha value is -1.10. The first-order chi connectivity index (χ1) is 9.86. The van der Waals surface area contributed by atoms with Gasteiger partial charge in [0.2, 0.25) is 0 Å². The number of aliphatic hydroxyl groups is 1. The molecular weight excluding hydrogens is 264 g/mol. The van der Waals surface area contributed by atoms with E-state index in [0.717, 1.165) is 41.8 Å². The van der Waals surface area contributed by atoms with Gasteiger partial charge in [0.25, 0.3) is 0 Å². The maximum absolute atomic E-state index is 10.5. The quantitative estimate of drug-likeness (QED) is 0.773. The van der Waals surface area contributed by atoms with Gasteiger partial charge >= 0.3 is 0 Å². The summed E-state index contributed by atoms with van der Waals surface area (Å²) in [6.07, 6.45) is 1.11. The molecule has 0 spiro atoms. The Kier molecular flexibility index (Phi) is 7.15. The van der Waals surface area contributed by atoms with Crippen molar-refractivity contribution < 1.29 is 9.84 Å². The van der Waals surface area contributed by atoms with E-state index in [9.17, 15) is 5.11 Å². The second-order valence-electron chi connectivity index (χ2n) is 6.02. The fourth-order valence-electron chi connectivity index (χ4n) is 2.29. The van der Waals surface area contributed by atoms with E-state index in [2.05, 4.69) is 11.8 Å². The van der Waals surface area contributed by atoms with E-state index in [0.29, 0.717) is 6.61 Å². The Balaban J connectivity index is 2.84. The van der Waals surface area contributed by atoms with Crippen molar-refractivity contribution in [3.05, 3.63) is 28.8 Å². The second kappa shape index (κ2) is 8.37. The summed E-state index contributed by atoms with van der Waals surface area (Å²) in [5, 5.41) is 10.5. The van der Waals surface area contributed by atoms with Crippen LogP contribution < -0.4 is 10.5 Å². The number of aliphatic hydroxyl groups excluding tert-OH is 1. The van der Waals surface area contributed by atoms with Crippen molar-refractivity contribution >= 4 is 0 Å². The Morgan fingerprint density at radius 1 is 1.24 bits per heavy atom. The molecule has 0 bridgehead atoms. The molecule has 2 atom stereocenters. The minimum Gasteiger partial charge on any atom is -0.493 e. The van der Waals surface area contributed by atoms with Crippen LogP contribution >= 0.6 is 0 Å². The molecule has 1 rings (SSSR count). The molecular formula is C17H30N2O2. The third-order valence-electron chi connectivity index (χ3n) is 3.66. The number of hydrogen-bond donors (Lipinski definition) is 2. The van der Waals surface area contributed by atoms with Crippen LogP contribution in [0.5, 0.6) is 5.75 Å². The molecule has 0 aliphatic rings. The van der Waals surface area contributed by atoms with Crippen LogP contribution in [0.3, 0.4) is 0 Å². The maximum Gasteiger partial charge on any atom is 0.122 e. The van der Waals surface area contributed by atoms with Gasteiger partial charge in [-0.1, -0.05) is 6.92 Å². The number of rotatable bonds is 8. The van der Waals surface area contributed by atoms with Crippen molar-refractivity contribution in [1.29, 1.82) is 0 Å². The minimum atomic E-state index is -0.635. The molecule has 2 unspecified atom stereocenters. The molecule has 0 fully saturated rings. The summed E-state index contributed by atoms with van der Waals surface area (Å²) in [5.41, 5.74) is 9.10. The van der Waals surface area contributed by atoms with Gasteiger partial charge in [0.15, 0.2) is 0 Å². The summed E-state index contributed by atoms with van der Waals surface area (Å²) in [7, 11) is 4.02. The van der Waals surface area contributed by atoms with E-state index in [1.165, 1.54) is 0 Å². The standard InChI is InChI=1S/C17H30N2O2/c1-6-9-21-16-11-12(2)14(10-13(16)3)17(20)15(18)7-8-19(4)5/h10-11,15,17,20H,6-9,18H2,1-5H3.